The highest BCUT2D eigenvalue weighted by Gasteiger charge is 2.21. The lowest BCUT2D eigenvalue weighted by molar-refractivity contribution is 0.415. The lowest BCUT2D eigenvalue weighted by Gasteiger charge is -2.23. The summed E-state index contributed by atoms with van der Waals surface area (Å²) in [6.07, 6.45) is 3.97. The van der Waals surface area contributed by atoms with Gasteiger partial charge in [0.15, 0.2) is 0 Å². The fourth-order valence-corrected chi connectivity index (χ4v) is 6.29. The molecule has 1 aliphatic rings. The molecule has 10 heteroatoms. The Morgan fingerprint density at radius 1 is 1.38 bits per heavy atom. The number of benzene rings is 1. The van der Waals surface area contributed by atoms with E-state index in [0.717, 1.165) is 29.4 Å². The molecule has 2 aromatic rings. The smallest absolute Gasteiger partial charge is 0.262 e. The van der Waals surface area contributed by atoms with Gasteiger partial charge in [-0.15, -0.1) is 11.3 Å². The zero-order valence-electron chi connectivity index (χ0n) is 16.4. The van der Waals surface area contributed by atoms with Crippen molar-refractivity contribution in [2.75, 3.05) is 18.0 Å². The quantitative estimate of drug-likeness (QED) is 0.210. The van der Waals surface area contributed by atoms with Gasteiger partial charge in [0.05, 0.1) is 15.6 Å². The summed E-state index contributed by atoms with van der Waals surface area (Å²) >= 11 is 3.44. The van der Waals surface area contributed by atoms with E-state index >= 15 is 0 Å². The van der Waals surface area contributed by atoms with Gasteiger partial charge in [0.25, 0.3) is 10.0 Å². The summed E-state index contributed by atoms with van der Waals surface area (Å²) in [7, 11) is -3.74. The normalized spacial score (nSPS) is 17.2. The number of aryl methyl sites for hydroxylation is 1. The van der Waals surface area contributed by atoms with E-state index in [-0.39, 0.29) is 10.7 Å². The summed E-state index contributed by atoms with van der Waals surface area (Å²) < 4.78 is 27.0. The molecule has 1 fully saturated rings. The highest BCUT2D eigenvalue weighted by Crippen LogP contribution is 2.32. The van der Waals surface area contributed by atoms with E-state index in [9.17, 15) is 8.42 Å². The van der Waals surface area contributed by atoms with Gasteiger partial charge in [0.1, 0.15) is 5.84 Å². The van der Waals surface area contributed by atoms with Crippen molar-refractivity contribution in [1.82, 2.24) is 15.0 Å². The van der Waals surface area contributed by atoms with Crippen molar-refractivity contribution in [3.63, 3.8) is 0 Å². The fraction of sp³-hybridized carbons (Fsp3) is 0.474. The highest BCUT2D eigenvalue weighted by molar-refractivity contribution is 7.98. The van der Waals surface area contributed by atoms with Gasteiger partial charge in [-0.25, -0.2) is 13.4 Å². The molecule has 0 radical (unpaired) electrons. The Balaban J connectivity index is 1.48. The molecule has 0 saturated carbocycles. The number of nitrogens with zero attached hydrogens (tertiary/aromatic N) is 1. The monoisotopic (exact) mass is 453 g/mol. The van der Waals surface area contributed by atoms with Crippen LogP contribution in [0.5, 0.6) is 0 Å². The second kappa shape index (κ2) is 9.92. The highest BCUT2D eigenvalue weighted by atomic mass is 32.2. The van der Waals surface area contributed by atoms with Gasteiger partial charge in [-0.3, -0.25) is 10.1 Å². The van der Waals surface area contributed by atoms with Crippen LogP contribution in [-0.2, 0) is 15.8 Å². The zero-order chi connectivity index (χ0) is 20.9. The number of nitrogens with two attached hydrogens (primary N) is 1. The van der Waals surface area contributed by atoms with Gasteiger partial charge >= 0.3 is 0 Å². The number of piperidine rings is 1. The van der Waals surface area contributed by atoms with Crippen LogP contribution in [0.1, 0.15) is 47.3 Å². The molecule has 1 aliphatic heterocycles. The molecule has 2 heterocycles. The van der Waals surface area contributed by atoms with Crippen LogP contribution in [0, 0.1) is 12.3 Å². The fourth-order valence-electron chi connectivity index (χ4n) is 3.20. The minimum atomic E-state index is -3.74. The number of rotatable bonds is 8. The summed E-state index contributed by atoms with van der Waals surface area (Å²) in [5.41, 5.74) is 7.20. The Kier molecular flexibility index (Phi) is 7.55. The summed E-state index contributed by atoms with van der Waals surface area (Å²) in [4.78, 5) is 6.12. The van der Waals surface area contributed by atoms with E-state index in [0.29, 0.717) is 23.9 Å². The molecular weight excluding hydrogens is 426 g/mol. The van der Waals surface area contributed by atoms with Gasteiger partial charge in [0, 0.05) is 34.5 Å². The minimum absolute atomic E-state index is 0.0158. The molecule has 0 amide bonds. The van der Waals surface area contributed by atoms with Gasteiger partial charge in [-0.2, -0.15) is 11.8 Å². The average molecular weight is 454 g/mol. The maximum Gasteiger partial charge on any atom is 0.262 e. The predicted octanol–water partition coefficient (Wildman–Crippen LogP) is 3.43. The average Bonchev–Trinajstić information content (AvgIpc) is 3.06. The van der Waals surface area contributed by atoms with Crippen LogP contribution in [0.3, 0.4) is 0 Å². The minimum Gasteiger partial charge on any atom is -0.399 e. The van der Waals surface area contributed by atoms with Crippen molar-refractivity contribution in [1.29, 1.82) is 5.41 Å². The Hall–Kier alpha value is -1.62. The molecule has 1 aromatic heterocycles. The Morgan fingerprint density at radius 2 is 2.14 bits per heavy atom. The van der Waals surface area contributed by atoms with E-state index in [2.05, 4.69) is 10.0 Å². The van der Waals surface area contributed by atoms with E-state index in [1.54, 1.807) is 23.1 Å². The molecule has 0 aliphatic carbocycles. The number of thioether (sulfide) groups is 1. The molecule has 1 aromatic carbocycles. The van der Waals surface area contributed by atoms with E-state index < -0.39 is 10.0 Å². The number of nitrogen functional groups attached to an aromatic ring is 1. The number of hydrogen-bond acceptors (Lipinski definition) is 8. The molecular formula is C19H27N5O2S3. The maximum atomic E-state index is 12.3. The largest absolute Gasteiger partial charge is 0.399 e. The third-order valence-corrected chi connectivity index (χ3v) is 8.15. The molecule has 0 spiro atoms. The zero-order valence-corrected chi connectivity index (χ0v) is 18.9. The number of anilines is 1. The first-order valence-electron chi connectivity index (χ1n) is 9.58. The SMILES string of the molecule is Cc1nc(CSCCC(=N)NS(=O)(=O)c2ccc(N)cc2)c(C2CCCCN2)s1. The van der Waals surface area contributed by atoms with Crippen molar-refractivity contribution in [2.24, 2.45) is 0 Å². The van der Waals surface area contributed by atoms with Gasteiger partial charge in [-0.1, -0.05) is 6.42 Å². The molecule has 1 unspecified atom stereocenters. The summed E-state index contributed by atoms with van der Waals surface area (Å²) in [6.45, 7) is 3.09. The standard InChI is InChI=1S/C19H27N5O2S3/c1-13-23-17(19(28-13)16-4-2-3-10-22-16)12-27-11-9-18(21)24-29(25,26)15-7-5-14(20)6-8-15/h5-8,16,22H,2-4,9-12,20H2,1H3,(H2,21,24). The summed E-state index contributed by atoms with van der Waals surface area (Å²) in [5, 5.41) is 12.6. The Bertz CT molecular complexity index is 935. The number of hydrogen-bond donors (Lipinski definition) is 4. The van der Waals surface area contributed by atoms with Crippen LogP contribution < -0.4 is 15.8 Å². The van der Waals surface area contributed by atoms with Crippen molar-refractivity contribution < 1.29 is 8.42 Å². The molecule has 29 heavy (non-hydrogen) atoms. The molecule has 0 bridgehead atoms. The van der Waals surface area contributed by atoms with Gasteiger partial charge in [0.2, 0.25) is 0 Å². The predicted molar refractivity (Wildman–Crippen MR) is 121 cm³/mol. The second-order valence-corrected chi connectivity index (χ2v) is 11.0. The van der Waals surface area contributed by atoms with Crippen LogP contribution in [0.15, 0.2) is 29.2 Å². The van der Waals surface area contributed by atoms with Crippen molar-refractivity contribution in [3.8, 4) is 0 Å². The first kappa shape index (κ1) is 22.1. The molecule has 7 nitrogen and oxygen atoms in total. The first-order valence-corrected chi connectivity index (χ1v) is 13.0. The maximum absolute atomic E-state index is 12.3. The number of thiazole rings is 1. The van der Waals surface area contributed by atoms with E-state index in [4.69, 9.17) is 16.1 Å². The van der Waals surface area contributed by atoms with E-state index in [1.165, 1.54) is 42.0 Å². The van der Waals surface area contributed by atoms with Crippen LogP contribution in [0.25, 0.3) is 0 Å². The first-order chi connectivity index (χ1) is 13.8. The van der Waals surface area contributed by atoms with E-state index in [1.807, 2.05) is 6.92 Å². The summed E-state index contributed by atoms with van der Waals surface area (Å²) in [6, 6.07) is 6.33. The van der Waals surface area contributed by atoms with Gasteiger partial charge < -0.3 is 11.1 Å². The molecule has 5 N–H and O–H groups in total. The Labute approximate surface area is 180 Å². The third-order valence-electron chi connectivity index (χ3n) is 4.64. The van der Waals surface area contributed by atoms with Crippen molar-refractivity contribution in [3.05, 3.63) is 39.8 Å². The van der Waals surface area contributed by atoms with Crippen LogP contribution in [-0.4, -0.2) is 31.5 Å². The number of aromatic nitrogens is 1. The Morgan fingerprint density at radius 3 is 2.83 bits per heavy atom. The van der Waals surface area contributed by atoms with Crippen LogP contribution >= 0.6 is 23.1 Å². The van der Waals surface area contributed by atoms with Crippen LogP contribution in [0.2, 0.25) is 0 Å². The third kappa shape index (κ3) is 6.18. The lowest BCUT2D eigenvalue weighted by atomic mass is 10.0. The second-order valence-electron chi connectivity index (χ2n) is 7.00. The summed E-state index contributed by atoms with van der Waals surface area (Å²) in [5.74, 6) is 1.41. The topological polar surface area (TPSA) is 121 Å². The van der Waals surface area contributed by atoms with Crippen LogP contribution in [0.4, 0.5) is 5.69 Å². The van der Waals surface area contributed by atoms with Crippen molar-refractivity contribution >= 4 is 44.6 Å². The van der Waals surface area contributed by atoms with Crippen molar-refractivity contribution in [2.45, 2.75) is 49.3 Å². The number of nitrogens with one attached hydrogen (secondary N) is 3. The lowest BCUT2D eigenvalue weighted by Crippen LogP contribution is -2.30. The molecule has 158 valence electrons. The molecule has 1 atom stereocenters. The number of amidine groups is 1. The van der Waals surface area contributed by atoms with Gasteiger partial charge in [-0.05, 0) is 50.6 Å². The molecule has 3 rings (SSSR count). The number of sulfonamides is 1. The molecule has 1 saturated heterocycles.